The van der Waals surface area contributed by atoms with Gasteiger partial charge in [-0.1, -0.05) is 0 Å². The number of morpholine rings is 1. The average Bonchev–Trinajstić information content (AvgIpc) is 3.09. The zero-order chi connectivity index (χ0) is 22.5. The first-order valence-corrected chi connectivity index (χ1v) is 10.4. The van der Waals surface area contributed by atoms with E-state index in [1.165, 1.54) is 0 Å². The highest BCUT2D eigenvalue weighted by atomic mass is 32.2. The van der Waals surface area contributed by atoms with Crippen molar-refractivity contribution >= 4 is 16.0 Å². The maximum atomic E-state index is 13.1. The van der Waals surface area contributed by atoms with Gasteiger partial charge in [-0.15, -0.1) is 0 Å². The molecule has 2 aliphatic heterocycles. The Morgan fingerprint density at radius 3 is 1.93 bits per heavy atom. The molecule has 168 valence electrons. The number of ether oxygens (including phenoxy) is 1. The van der Waals surface area contributed by atoms with Gasteiger partial charge >= 0.3 is 12.4 Å². The van der Waals surface area contributed by atoms with Crippen LogP contribution < -0.4 is 0 Å². The summed E-state index contributed by atoms with van der Waals surface area (Å²) in [7, 11) is -4.72. The third-order valence-corrected chi connectivity index (χ3v) is 6.39. The molecular weight excluding hydrogens is 440 g/mol. The molecule has 3 rings (SSSR count). The van der Waals surface area contributed by atoms with Gasteiger partial charge in [0.25, 0.3) is 10.0 Å². The summed E-state index contributed by atoms with van der Waals surface area (Å²) >= 11 is 0. The van der Waals surface area contributed by atoms with Crippen molar-refractivity contribution in [1.29, 1.82) is 0 Å². The van der Waals surface area contributed by atoms with E-state index in [-0.39, 0.29) is 62.5 Å². The number of benzene rings is 1. The summed E-state index contributed by atoms with van der Waals surface area (Å²) in [5.74, 6) is -0.0111. The first-order chi connectivity index (χ1) is 13.7. The van der Waals surface area contributed by atoms with E-state index in [1.807, 2.05) is 0 Å². The molecule has 1 fully saturated rings. The first kappa shape index (κ1) is 22.7. The number of hydrogen-bond donors (Lipinski definition) is 0. The van der Waals surface area contributed by atoms with E-state index < -0.39 is 38.4 Å². The Morgan fingerprint density at radius 2 is 1.47 bits per heavy atom. The van der Waals surface area contributed by atoms with Crippen molar-refractivity contribution in [3.63, 3.8) is 0 Å². The van der Waals surface area contributed by atoms with Crippen LogP contribution in [0.5, 0.6) is 0 Å². The standard InChI is InChI=1S/C17H19F6N3O3S/c1-10-8-25(9-11(2)29-10)15-24-3-4-26(15)30(27,28)14-6-12(16(18,19)20)5-13(7-14)17(21,22)23/h5-7,10-11H,3-4,8-9H2,1-2H3. The van der Waals surface area contributed by atoms with Crippen LogP contribution in [0.1, 0.15) is 25.0 Å². The highest BCUT2D eigenvalue weighted by Gasteiger charge is 2.41. The lowest BCUT2D eigenvalue weighted by atomic mass is 10.1. The topological polar surface area (TPSA) is 62.2 Å². The van der Waals surface area contributed by atoms with Crippen LogP contribution in [-0.4, -0.2) is 62.0 Å². The van der Waals surface area contributed by atoms with Crippen LogP contribution in [0.4, 0.5) is 26.3 Å². The molecule has 13 heteroatoms. The molecule has 0 amide bonds. The van der Waals surface area contributed by atoms with Gasteiger partial charge in [-0.3, -0.25) is 4.99 Å². The molecule has 0 N–H and O–H groups in total. The Morgan fingerprint density at radius 1 is 0.967 bits per heavy atom. The molecule has 0 spiro atoms. The van der Waals surface area contributed by atoms with Gasteiger partial charge in [-0.25, -0.2) is 12.7 Å². The SMILES string of the molecule is CC1CN(C2=NCCN2S(=O)(=O)c2cc(C(F)(F)F)cc(C(F)(F)F)c2)CC(C)O1. The van der Waals surface area contributed by atoms with Crippen LogP contribution in [0.25, 0.3) is 0 Å². The molecule has 1 saturated heterocycles. The molecule has 2 heterocycles. The number of sulfonamides is 1. The van der Waals surface area contributed by atoms with Gasteiger partial charge in [0.15, 0.2) is 0 Å². The molecule has 0 aromatic heterocycles. The average molecular weight is 459 g/mol. The summed E-state index contributed by atoms with van der Waals surface area (Å²) in [6.45, 7) is 3.95. The van der Waals surface area contributed by atoms with Gasteiger partial charge in [0.2, 0.25) is 5.96 Å². The Kier molecular flexibility index (Phi) is 5.73. The van der Waals surface area contributed by atoms with E-state index in [9.17, 15) is 34.8 Å². The number of aliphatic imine (C=N–C) groups is 1. The maximum Gasteiger partial charge on any atom is 0.416 e. The largest absolute Gasteiger partial charge is 0.416 e. The van der Waals surface area contributed by atoms with Crippen molar-refractivity contribution in [3.05, 3.63) is 29.3 Å². The summed E-state index contributed by atoms with van der Waals surface area (Å²) in [4.78, 5) is 4.66. The third kappa shape index (κ3) is 4.51. The fraction of sp³-hybridized carbons (Fsp3) is 0.588. The van der Waals surface area contributed by atoms with Crippen molar-refractivity contribution in [2.24, 2.45) is 4.99 Å². The zero-order valence-corrected chi connectivity index (χ0v) is 16.8. The van der Waals surface area contributed by atoms with E-state index in [0.717, 1.165) is 4.31 Å². The van der Waals surface area contributed by atoms with Gasteiger partial charge < -0.3 is 9.64 Å². The lowest BCUT2D eigenvalue weighted by Crippen LogP contribution is -2.53. The minimum absolute atomic E-state index is 0.0111. The Bertz CT molecular complexity index is 903. The molecule has 0 bridgehead atoms. The number of guanidine groups is 1. The summed E-state index contributed by atoms with van der Waals surface area (Å²) in [6.07, 6.45) is -10.8. The highest BCUT2D eigenvalue weighted by Crippen LogP contribution is 2.38. The Labute approximate surface area is 169 Å². The second kappa shape index (κ2) is 7.59. The summed E-state index contributed by atoms with van der Waals surface area (Å²) in [6, 6.07) is 0.319. The first-order valence-electron chi connectivity index (χ1n) is 8.96. The molecule has 1 aromatic rings. The van der Waals surface area contributed by atoms with Crippen LogP contribution in [0, 0.1) is 0 Å². The number of rotatable bonds is 2. The van der Waals surface area contributed by atoms with Crippen molar-refractivity contribution in [2.75, 3.05) is 26.2 Å². The lowest BCUT2D eigenvalue weighted by molar-refractivity contribution is -0.143. The predicted octanol–water partition coefficient (Wildman–Crippen LogP) is 3.19. The number of hydrogen-bond acceptors (Lipinski definition) is 5. The van der Waals surface area contributed by atoms with Gasteiger partial charge in [0.1, 0.15) is 0 Å². The minimum Gasteiger partial charge on any atom is -0.372 e. The highest BCUT2D eigenvalue weighted by molar-refractivity contribution is 7.89. The molecule has 0 radical (unpaired) electrons. The van der Waals surface area contributed by atoms with Crippen LogP contribution in [-0.2, 0) is 27.1 Å². The van der Waals surface area contributed by atoms with E-state index >= 15 is 0 Å². The van der Waals surface area contributed by atoms with Crippen molar-refractivity contribution in [3.8, 4) is 0 Å². The molecule has 0 saturated carbocycles. The van der Waals surface area contributed by atoms with Crippen LogP contribution in [0.3, 0.4) is 0 Å². The van der Waals surface area contributed by atoms with Gasteiger partial charge in [-0.2, -0.15) is 26.3 Å². The smallest absolute Gasteiger partial charge is 0.372 e. The number of nitrogens with zero attached hydrogens (tertiary/aromatic N) is 3. The molecule has 30 heavy (non-hydrogen) atoms. The van der Waals surface area contributed by atoms with Gasteiger partial charge in [-0.05, 0) is 32.0 Å². The minimum atomic E-state index is -5.15. The van der Waals surface area contributed by atoms with Gasteiger partial charge in [0.05, 0.1) is 41.3 Å². The molecule has 2 aliphatic rings. The normalized spacial score (nSPS) is 23.7. The van der Waals surface area contributed by atoms with Crippen molar-refractivity contribution in [2.45, 2.75) is 43.3 Å². The molecule has 2 unspecified atom stereocenters. The van der Waals surface area contributed by atoms with E-state index in [4.69, 9.17) is 4.74 Å². The van der Waals surface area contributed by atoms with E-state index in [2.05, 4.69) is 4.99 Å². The fourth-order valence-electron chi connectivity index (χ4n) is 3.45. The van der Waals surface area contributed by atoms with Crippen LogP contribution in [0.15, 0.2) is 28.1 Å². The zero-order valence-electron chi connectivity index (χ0n) is 16.0. The third-order valence-electron chi connectivity index (χ3n) is 4.63. The molecular formula is C17H19F6N3O3S. The number of halogens is 6. The summed E-state index contributed by atoms with van der Waals surface area (Å²) < 4.78 is 111. The predicted molar refractivity (Wildman–Crippen MR) is 94.2 cm³/mol. The molecule has 2 atom stereocenters. The van der Waals surface area contributed by atoms with E-state index in [1.54, 1.807) is 18.7 Å². The lowest BCUT2D eigenvalue weighted by Gasteiger charge is -2.38. The molecule has 6 nitrogen and oxygen atoms in total. The second-order valence-electron chi connectivity index (χ2n) is 7.16. The maximum absolute atomic E-state index is 13.1. The molecule has 0 aliphatic carbocycles. The Balaban J connectivity index is 2.03. The van der Waals surface area contributed by atoms with E-state index in [0.29, 0.717) is 0 Å². The van der Waals surface area contributed by atoms with Gasteiger partial charge in [0, 0.05) is 13.1 Å². The summed E-state index contributed by atoms with van der Waals surface area (Å²) in [5, 5.41) is 0. The van der Waals surface area contributed by atoms with Crippen LogP contribution >= 0.6 is 0 Å². The Hall–Kier alpha value is -2.02. The fourth-order valence-corrected chi connectivity index (χ4v) is 4.97. The van der Waals surface area contributed by atoms with Crippen molar-refractivity contribution in [1.82, 2.24) is 9.21 Å². The monoisotopic (exact) mass is 459 g/mol. The van der Waals surface area contributed by atoms with Crippen molar-refractivity contribution < 1.29 is 39.5 Å². The number of alkyl halides is 6. The van der Waals surface area contributed by atoms with Crippen LogP contribution in [0.2, 0.25) is 0 Å². The second-order valence-corrected chi connectivity index (χ2v) is 9.03. The molecule has 1 aromatic carbocycles. The quantitative estimate of drug-likeness (QED) is 0.638. The summed E-state index contributed by atoms with van der Waals surface area (Å²) in [5.41, 5.74) is -3.38.